The molecule has 33 heavy (non-hydrogen) atoms. The highest BCUT2D eigenvalue weighted by Gasteiger charge is 2.55. The molecular formula is C22H27F2IO7S. The SMILES string of the molecule is CC(C)C(Oc1cc(OC(=O)C(F)(F)S(=O)(=O)O)ccc1I)OC1CC2CC1C1CCCC21. The van der Waals surface area contributed by atoms with Crippen LogP contribution in [0, 0.1) is 33.2 Å². The Morgan fingerprint density at radius 1 is 1.18 bits per heavy atom. The van der Waals surface area contributed by atoms with Crippen molar-refractivity contribution in [1.29, 1.82) is 0 Å². The summed E-state index contributed by atoms with van der Waals surface area (Å²) in [5.41, 5.74) is 0. The first-order valence-corrected chi connectivity index (χ1v) is 13.6. The molecule has 6 atom stereocenters. The average molecular weight is 600 g/mol. The number of rotatable bonds is 8. The standard InChI is InChI=1S/C22H27F2IO7S/c1-11(2)20(31-18-9-12-8-16(18)15-5-3-4-14(12)15)32-19-10-13(6-7-17(19)25)30-21(26)22(23,24)33(27,28)29/h6-7,10-12,14-16,18,20H,3-5,8-9H2,1-2H3,(H,27,28,29). The normalized spacial score (nSPS) is 29.8. The first-order chi connectivity index (χ1) is 15.4. The summed E-state index contributed by atoms with van der Waals surface area (Å²) in [5.74, 6) is 0.340. The van der Waals surface area contributed by atoms with Gasteiger partial charge in [-0.1, -0.05) is 20.3 Å². The molecule has 184 valence electrons. The number of alkyl halides is 2. The second kappa shape index (κ2) is 9.19. The highest BCUT2D eigenvalue weighted by atomic mass is 127. The van der Waals surface area contributed by atoms with Gasteiger partial charge in [-0.25, -0.2) is 4.79 Å². The Labute approximate surface area is 205 Å². The molecule has 0 heterocycles. The lowest BCUT2D eigenvalue weighted by Gasteiger charge is -2.35. The van der Waals surface area contributed by atoms with Crippen molar-refractivity contribution in [3.8, 4) is 11.5 Å². The van der Waals surface area contributed by atoms with Crippen LogP contribution in [0.15, 0.2) is 18.2 Å². The fourth-order valence-corrected chi connectivity index (χ4v) is 6.40. The Bertz CT molecular complexity index is 1020. The number of fused-ring (bicyclic) bond motifs is 5. The molecule has 1 aromatic rings. The Hall–Kier alpha value is -1.05. The molecule has 3 fully saturated rings. The summed E-state index contributed by atoms with van der Waals surface area (Å²) in [7, 11) is -5.95. The van der Waals surface area contributed by atoms with Crippen LogP contribution in [0.2, 0.25) is 0 Å². The monoisotopic (exact) mass is 600 g/mol. The van der Waals surface area contributed by atoms with Gasteiger partial charge in [0.2, 0.25) is 6.29 Å². The van der Waals surface area contributed by atoms with Crippen molar-refractivity contribution in [1.82, 2.24) is 0 Å². The second-order valence-electron chi connectivity index (χ2n) is 9.53. The van der Waals surface area contributed by atoms with E-state index in [0.717, 1.165) is 18.3 Å². The zero-order chi connectivity index (χ0) is 24.1. The average Bonchev–Trinajstić information content (AvgIpc) is 3.42. The lowest BCUT2D eigenvalue weighted by molar-refractivity contribution is -0.162. The van der Waals surface area contributed by atoms with Crippen LogP contribution in [-0.2, 0) is 19.6 Å². The van der Waals surface area contributed by atoms with Gasteiger partial charge in [0, 0.05) is 12.0 Å². The van der Waals surface area contributed by atoms with E-state index in [1.165, 1.54) is 43.9 Å². The van der Waals surface area contributed by atoms with Gasteiger partial charge in [-0.2, -0.15) is 17.2 Å². The van der Waals surface area contributed by atoms with Crippen LogP contribution in [-0.4, -0.2) is 36.6 Å². The van der Waals surface area contributed by atoms with Gasteiger partial charge >= 0.3 is 21.3 Å². The summed E-state index contributed by atoms with van der Waals surface area (Å²) in [4.78, 5) is 11.6. The van der Waals surface area contributed by atoms with Crippen LogP contribution in [0.5, 0.6) is 11.5 Å². The van der Waals surface area contributed by atoms with Gasteiger partial charge in [0.25, 0.3) is 0 Å². The maximum atomic E-state index is 13.5. The Morgan fingerprint density at radius 3 is 2.55 bits per heavy atom. The maximum absolute atomic E-state index is 13.5. The summed E-state index contributed by atoms with van der Waals surface area (Å²) in [6.07, 6.45) is 5.64. The summed E-state index contributed by atoms with van der Waals surface area (Å²) in [6, 6.07) is 3.95. The molecule has 0 spiro atoms. The molecule has 0 radical (unpaired) electrons. The predicted molar refractivity (Wildman–Crippen MR) is 122 cm³/mol. The fraction of sp³-hybridized carbons (Fsp3) is 0.682. The Kier molecular flexibility index (Phi) is 6.98. The van der Waals surface area contributed by atoms with E-state index in [2.05, 4.69) is 4.74 Å². The smallest absolute Gasteiger partial charge is 0.463 e. The third kappa shape index (κ3) is 4.87. The minimum Gasteiger partial charge on any atom is -0.463 e. The van der Waals surface area contributed by atoms with Crippen molar-refractivity contribution in [3.05, 3.63) is 21.8 Å². The Balaban J connectivity index is 1.46. The highest BCUT2D eigenvalue weighted by molar-refractivity contribution is 14.1. The van der Waals surface area contributed by atoms with Gasteiger partial charge in [0.15, 0.2) is 0 Å². The molecule has 6 unspecified atom stereocenters. The summed E-state index contributed by atoms with van der Waals surface area (Å²) in [5, 5.41) is -5.08. The van der Waals surface area contributed by atoms with Crippen molar-refractivity contribution in [2.75, 3.05) is 0 Å². The van der Waals surface area contributed by atoms with Crippen molar-refractivity contribution < 1.29 is 40.8 Å². The van der Waals surface area contributed by atoms with Gasteiger partial charge in [0.1, 0.15) is 11.5 Å². The van der Waals surface area contributed by atoms with Crippen molar-refractivity contribution in [2.45, 2.75) is 63.6 Å². The van der Waals surface area contributed by atoms with Gasteiger partial charge in [-0.05, 0) is 84.1 Å². The Morgan fingerprint density at radius 2 is 1.88 bits per heavy atom. The van der Waals surface area contributed by atoms with E-state index < -0.39 is 27.6 Å². The van der Waals surface area contributed by atoms with E-state index in [9.17, 15) is 22.0 Å². The maximum Gasteiger partial charge on any atom is 0.466 e. The van der Waals surface area contributed by atoms with E-state index in [-0.39, 0.29) is 23.5 Å². The molecule has 0 aliphatic heterocycles. The first-order valence-electron chi connectivity index (χ1n) is 11.1. The number of esters is 1. The molecule has 2 bridgehead atoms. The molecule has 3 aliphatic rings. The van der Waals surface area contributed by atoms with Crippen LogP contribution in [0.1, 0.15) is 46.0 Å². The van der Waals surface area contributed by atoms with E-state index in [0.29, 0.717) is 15.4 Å². The topological polar surface area (TPSA) is 99.1 Å². The van der Waals surface area contributed by atoms with Gasteiger partial charge in [-0.15, -0.1) is 0 Å². The molecule has 7 nitrogen and oxygen atoms in total. The lowest BCUT2D eigenvalue weighted by atomic mass is 9.80. The molecule has 0 amide bonds. The highest BCUT2D eigenvalue weighted by Crippen LogP contribution is 2.59. The summed E-state index contributed by atoms with van der Waals surface area (Å²) >= 11 is 1.99. The summed E-state index contributed by atoms with van der Waals surface area (Å²) < 4.78 is 74.9. The van der Waals surface area contributed by atoms with E-state index in [1.54, 1.807) is 0 Å². The van der Waals surface area contributed by atoms with Gasteiger partial charge in [-0.3, -0.25) is 4.55 Å². The van der Waals surface area contributed by atoms with Crippen molar-refractivity contribution in [3.63, 3.8) is 0 Å². The molecule has 4 rings (SSSR count). The van der Waals surface area contributed by atoms with E-state index in [4.69, 9.17) is 14.0 Å². The quantitative estimate of drug-likeness (QED) is 0.149. The molecule has 1 aromatic carbocycles. The van der Waals surface area contributed by atoms with Crippen LogP contribution in [0.4, 0.5) is 8.78 Å². The number of carbonyl (C=O) groups excluding carboxylic acids is 1. The zero-order valence-corrected chi connectivity index (χ0v) is 21.2. The number of hydrogen-bond donors (Lipinski definition) is 1. The van der Waals surface area contributed by atoms with Crippen LogP contribution >= 0.6 is 22.6 Å². The predicted octanol–water partition coefficient (Wildman–Crippen LogP) is 4.88. The second-order valence-corrected chi connectivity index (χ2v) is 12.2. The molecule has 3 aliphatic carbocycles. The molecular weight excluding hydrogens is 573 g/mol. The van der Waals surface area contributed by atoms with Crippen molar-refractivity contribution >= 4 is 38.7 Å². The largest absolute Gasteiger partial charge is 0.466 e. The number of benzene rings is 1. The van der Waals surface area contributed by atoms with Crippen LogP contribution in [0.25, 0.3) is 0 Å². The number of ether oxygens (including phenoxy) is 3. The zero-order valence-electron chi connectivity index (χ0n) is 18.2. The third-order valence-corrected chi connectivity index (χ3v) is 8.84. The van der Waals surface area contributed by atoms with Crippen molar-refractivity contribution in [2.24, 2.45) is 29.6 Å². The first kappa shape index (κ1) is 25.1. The number of hydrogen-bond acceptors (Lipinski definition) is 6. The third-order valence-electron chi connectivity index (χ3n) is 7.14. The van der Waals surface area contributed by atoms with Crippen LogP contribution in [0.3, 0.4) is 0 Å². The van der Waals surface area contributed by atoms with E-state index >= 15 is 0 Å². The minimum absolute atomic E-state index is 0.00521. The van der Waals surface area contributed by atoms with Crippen LogP contribution < -0.4 is 9.47 Å². The molecule has 3 saturated carbocycles. The molecule has 1 N–H and O–H groups in total. The molecule has 0 saturated heterocycles. The molecule has 11 heteroatoms. The fourth-order valence-electron chi connectivity index (χ4n) is 5.69. The minimum atomic E-state index is -5.95. The lowest BCUT2D eigenvalue weighted by Crippen LogP contribution is -2.40. The van der Waals surface area contributed by atoms with Gasteiger partial charge < -0.3 is 14.2 Å². The number of halogens is 3. The summed E-state index contributed by atoms with van der Waals surface area (Å²) in [6.45, 7) is 3.92. The number of carbonyl (C=O) groups is 1. The van der Waals surface area contributed by atoms with E-state index in [1.807, 2.05) is 36.4 Å². The molecule has 0 aromatic heterocycles. The van der Waals surface area contributed by atoms with Gasteiger partial charge in [0.05, 0.1) is 9.67 Å².